The van der Waals surface area contributed by atoms with Crippen LogP contribution in [0.15, 0.2) is 42.5 Å². The number of rotatable bonds is 9. The lowest BCUT2D eigenvalue weighted by molar-refractivity contribution is 0.00464. The second-order valence-electron chi connectivity index (χ2n) is 7.47. The summed E-state index contributed by atoms with van der Waals surface area (Å²) in [6.45, 7) is 7.94. The molecule has 0 saturated carbocycles. The van der Waals surface area contributed by atoms with Crippen LogP contribution in [0.4, 0.5) is 0 Å². The number of hydrogen-bond acceptors (Lipinski definition) is 6. The molecule has 6 heteroatoms. The lowest BCUT2D eigenvalue weighted by Gasteiger charge is -2.28. The van der Waals surface area contributed by atoms with Gasteiger partial charge in [0.2, 0.25) is 0 Å². The van der Waals surface area contributed by atoms with E-state index in [1.165, 1.54) is 0 Å². The summed E-state index contributed by atoms with van der Waals surface area (Å²) >= 11 is 0. The Morgan fingerprint density at radius 2 is 1.66 bits per heavy atom. The SMILES string of the molecule is COc1cc(OCC(O)CN2CCOCC2)cc(-c2ccc(OC(C)C)cc2)c1. The van der Waals surface area contributed by atoms with Crippen molar-refractivity contribution in [3.63, 3.8) is 0 Å². The Morgan fingerprint density at radius 3 is 2.31 bits per heavy atom. The maximum absolute atomic E-state index is 10.3. The first-order chi connectivity index (χ1) is 14.0. The van der Waals surface area contributed by atoms with Gasteiger partial charge in [-0.3, -0.25) is 4.90 Å². The highest BCUT2D eigenvalue weighted by Crippen LogP contribution is 2.31. The first-order valence-corrected chi connectivity index (χ1v) is 10.1. The molecular weight excluding hydrogens is 370 g/mol. The molecule has 1 saturated heterocycles. The fourth-order valence-electron chi connectivity index (χ4n) is 3.26. The molecule has 1 aliphatic heterocycles. The smallest absolute Gasteiger partial charge is 0.123 e. The normalized spacial score (nSPS) is 15.9. The van der Waals surface area contributed by atoms with Crippen molar-refractivity contribution in [3.8, 4) is 28.4 Å². The molecule has 6 nitrogen and oxygen atoms in total. The molecule has 2 aromatic rings. The van der Waals surface area contributed by atoms with E-state index in [1.54, 1.807) is 7.11 Å². The van der Waals surface area contributed by atoms with Crippen LogP contribution < -0.4 is 14.2 Å². The first-order valence-electron chi connectivity index (χ1n) is 10.1. The van der Waals surface area contributed by atoms with Crippen LogP contribution >= 0.6 is 0 Å². The van der Waals surface area contributed by atoms with Crippen molar-refractivity contribution in [2.45, 2.75) is 26.1 Å². The van der Waals surface area contributed by atoms with Gasteiger partial charge in [-0.15, -0.1) is 0 Å². The quantitative estimate of drug-likeness (QED) is 0.696. The van der Waals surface area contributed by atoms with E-state index in [0.29, 0.717) is 31.3 Å². The summed E-state index contributed by atoms with van der Waals surface area (Å²) in [6.07, 6.45) is -0.420. The summed E-state index contributed by atoms with van der Waals surface area (Å²) < 4.78 is 22.4. The molecule has 0 aromatic heterocycles. The minimum atomic E-state index is -0.560. The highest BCUT2D eigenvalue weighted by Gasteiger charge is 2.16. The number of morpholine rings is 1. The summed E-state index contributed by atoms with van der Waals surface area (Å²) in [5.74, 6) is 2.22. The Morgan fingerprint density at radius 1 is 0.966 bits per heavy atom. The van der Waals surface area contributed by atoms with Gasteiger partial charge in [0.1, 0.15) is 30.0 Å². The maximum Gasteiger partial charge on any atom is 0.123 e. The maximum atomic E-state index is 10.3. The molecule has 0 aliphatic carbocycles. The molecule has 1 heterocycles. The van der Waals surface area contributed by atoms with Crippen molar-refractivity contribution in [1.29, 1.82) is 0 Å². The van der Waals surface area contributed by atoms with E-state index in [4.69, 9.17) is 18.9 Å². The number of benzene rings is 2. The highest BCUT2D eigenvalue weighted by molar-refractivity contribution is 5.68. The van der Waals surface area contributed by atoms with Crippen molar-refractivity contribution in [1.82, 2.24) is 4.90 Å². The van der Waals surface area contributed by atoms with E-state index in [1.807, 2.05) is 56.3 Å². The fourth-order valence-corrected chi connectivity index (χ4v) is 3.26. The third-order valence-corrected chi connectivity index (χ3v) is 4.69. The van der Waals surface area contributed by atoms with Crippen LogP contribution in [-0.2, 0) is 4.74 Å². The van der Waals surface area contributed by atoms with Crippen molar-refractivity contribution in [2.24, 2.45) is 0 Å². The van der Waals surface area contributed by atoms with E-state index in [2.05, 4.69) is 4.90 Å². The molecule has 158 valence electrons. The van der Waals surface area contributed by atoms with Gasteiger partial charge in [0, 0.05) is 25.7 Å². The number of nitrogens with zero attached hydrogens (tertiary/aromatic N) is 1. The summed E-state index contributed by atoms with van der Waals surface area (Å²) in [7, 11) is 1.63. The fraction of sp³-hybridized carbons (Fsp3) is 0.478. The van der Waals surface area contributed by atoms with Gasteiger partial charge < -0.3 is 24.1 Å². The molecule has 0 amide bonds. The predicted octanol–water partition coefficient (Wildman–Crippen LogP) is 3.22. The lowest BCUT2D eigenvalue weighted by Crippen LogP contribution is -2.42. The molecule has 0 bridgehead atoms. The molecule has 0 radical (unpaired) electrons. The number of methoxy groups -OCH3 is 1. The summed E-state index contributed by atoms with van der Waals surface area (Å²) in [5, 5.41) is 10.3. The van der Waals surface area contributed by atoms with Gasteiger partial charge in [0.25, 0.3) is 0 Å². The zero-order chi connectivity index (χ0) is 20.6. The molecule has 29 heavy (non-hydrogen) atoms. The standard InChI is InChI=1S/C23H31NO5/c1-17(2)29-21-6-4-18(5-7-21)19-12-22(26-3)14-23(13-19)28-16-20(25)15-24-8-10-27-11-9-24/h4-7,12-14,17,20,25H,8-11,15-16H2,1-3H3. The largest absolute Gasteiger partial charge is 0.497 e. The molecule has 2 aromatic carbocycles. The molecule has 1 aliphatic rings. The van der Waals surface area contributed by atoms with Gasteiger partial charge in [0.05, 0.1) is 26.4 Å². The molecule has 1 fully saturated rings. The van der Waals surface area contributed by atoms with Gasteiger partial charge in [0.15, 0.2) is 0 Å². The van der Waals surface area contributed by atoms with Crippen LogP contribution in [0.3, 0.4) is 0 Å². The van der Waals surface area contributed by atoms with Gasteiger partial charge in [-0.25, -0.2) is 0 Å². The van der Waals surface area contributed by atoms with Crippen LogP contribution in [0, 0.1) is 0 Å². The van der Waals surface area contributed by atoms with E-state index in [0.717, 1.165) is 30.0 Å². The van der Waals surface area contributed by atoms with Gasteiger partial charge in [-0.05, 0) is 49.2 Å². The van der Waals surface area contributed by atoms with E-state index in [-0.39, 0.29) is 12.7 Å². The van der Waals surface area contributed by atoms with E-state index in [9.17, 15) is 5.11 Å². The third kappa shape index (κ3) is 6.63. The average Bonchev–Trinajstić information content (AvgIpc) is 2.73. The zero-order valence-electron chi connectivity index (χ0n) is 17.5. The molecule has 1 atom stereocenters. The van der Waals surface area contributed by atoms with Crippen LogP contribution in [0.25, 0.3) is 11.1 Å². The Kier molecular flexibility index (Phi) is 7.75. The lowest BCUT2D eigenvalue weighted by atomic mass is 10.0. The predicted molar refractivity (Wildman–Crippen MR) is 113 cm³/mol. The number of aliphatic hydroxyl groups excluding tert-OH is 1. The van der Waals surface area contributed by atoms with Crippen molar-refractivity contribution in [2.75, 3.05) is 46.6 Å². The molecule has 1 N–H and O–H groups in total. The Bertz CT molecular complexity index is 756. The van der Waals surface area contributed by atoms with Crippen LogP contribution in [0.5, 0.6) is 17.2 Å². The average molecular weight is 402 g/mol. The number of hydrogen-bond donors (Lipinski definition) is 1. The molecule has 0 spiro atoms. The summed E-state index contributed by atoms with van der Waals surface area (Å²) in [6, 6.07) is 13.7. The summed E-state index contributed by atoms with van der Waals surface area (Å²) in [4.78, 5) is 2.19. The number of ether oxygens (including phenoxy) is 4. The Balaban J connectivity index is 1.65. The summed E-state index contributed by atoms with van der Waals surface area (Å²) in [5.41, 5.74) is 2.02. The number of aliphatic hydroxyl groups is 1. The van der Waals surface area contributed by atoms with Crippen LogP contribution in [0.1, 0.15) is 13.8 Å². The second kappa shape index (κ2) is 10.5. The number of β-amino-alcohol motifs (C(OH)–C–C–N with tert-alkyl or cyclic N) is 1. The minimum absolute atomic E-state index is 0.140. The molecule has 3 rings (SSSR count). The molecular formula is C23H31NO5. The Hall–Kier alpha value is -2.28. The third-order valence-electron chi connectivity index (χ3n) is 4.69. The van der Waals surface area contributed by atoms with Gasteiger partial charge >= 0.3 is 0 Å². The first kappa shape index (κ1) is 21.4. The highest BCUT2D eigenvalue weighted by atomic mass is 16.5. The van der Waals surface area contributed by atoms with E-state index >= 15 is 0 Å². The van der Waals surface area contributed by atoms with E-state index < -0.39 is 6.10 Å². The van der Waals surface area contributed by atoms with Crippen molar-refractivity contribution >= 4 is 0 Å². The van der Waals surface area contributed by atoms with Crippen LogP contribution in [0.2, 0.25) is 0 Å². The Labute approximate surface area is 173 Å². The minimum Gasteiger partial charge on any atom is -0.497 e. The van der Waals surface area contributed by atoms with Gasteiger partial charge in [-0.2, -0.15) is 0 Å². The van der Waals surface area contributed by atoms with Crippen molar-refractivity contribution in [3.05, 3.63) is 42.5 Å². The topological polar surface area (TPSA) is 60.4 Å². The molecule has 1 unspecified atom stereocenters. The second-order valence-corrected chi connectivity index (χ2v) is 7.47. The zero-order valence-corrected chi connectivity index (χ0v) is 17.5. The van der Waals surface area contributed by atoms with Crippen LogP contribution in [-0.4, -0.2) is 68.8 Å². The van der Waals surface area contributed by atoms with Gasteiger partial charge in [-0.1, -0.05) is 12.1 Å². The monoisotopic (exact) mass is 401 g/mol. The van der Waals surface area contributed by atoms with Crippen molar-refractivity contribution < 1.29 is 24.1 Å².